The van der Waals surface area contributed by atoms with Crippen LogP contribution in [0.1, 0.15) is 51.4 Å². The quantitative estimate of drug-likeness (QED) is 0.0858. The molecule has 0 amide bonds. The Morgan fingerprint density at radius 3 is 1.65 bits per heavy atom. The molecule has 0 saturated carbocycles. The van der Waals surface area contributed by atoms with Crippen LogP contribution in [0.2, 0.25) is 0 Å². The first-order valence-corrected chi connectivity index (χ1v) is 14.4. The SMILES string of the molecule is COC(=O)C(C)(COC(C)=O)COC(=O)OCC(C)(COC(=O)C(C)(C)CC(Br)c1ccccc1)C(=O)OCCF.FC(F)(F)F. The lowest BCUT2D eigenvalue weighted by Gasteiger charge is -2.30. The average molecular weight is 738 g/mol. The summed E-state index contributed by atoms with van der Waals surface area (Å²) < 4.78 is 81.4. The molecule has 262 valence electrons. The normalized spacial score (nSPS) is 14.5. The summed E-state index contributed by atoms with van der Waals surface area (Å²) in [6, 6.07) is 9.47. The molecule has 0 aliphatic carbocycles. The Hall–Kier alpha value is -3.50. The zero-order chi connectivity index (χ0) is 35.8. The Bertz CT molecular complexity index is 1140. The maximum atomic E-state index is 13.0. The van der Waals surface area contributed by atoms with Gasteiger partial charge >= 0.3 is 36.5 Å². The molecule has 0 aliphatic rings. The van der Waals surface area contributed by atoms with Crippen LogP contribution in [0.25, 0.3) is 0 Å². The van der Waals surface area contributed by atoms with Crippen LogP contribution in [0.4, 0.5) is 26.7 Å². The highest BCUT2D eigenvalue weighted by atomic mass is 79.9. The summed E-state index contributed by atoms with van der Waals surface area (Å²) in [4.78, 5) is 61.2. The predicted octanol–water partition coefficient (Wildman–Crippen LogP) is 5.97. The lowest BCUT2D eigenvalue weighted by Crippen LogP contribution is -2.43. The monoisotopic (exact) mass is 736 g/mol. The maximum absolute atomic E-state index is 13.0. The van der Waals surface area contributed by atoms with Gasteiger partial charge in [0.25, 0.3) is 0 Å². The molecule has 0 aliphatic heterocycles. The summed E-state index contributed by atoms with van der Waals surface area (Å²) >= 11 is 3.59. The number of carbonyl (C=O) groups excluding carboxylic acids is 5. The number of carbonyl (C=O) groups is 5. The Labute approximate surface area is 271 Å². The molecule has 1 aromatic carbocycles. The fourth-order valence-electron chi connectivity index (χ4n) is 3.34. The number of benzene rings is 1. The number of alkyl halides is 6. The van der Waals surface area contributed by atoms with E-state index in [9.17, 15) is 45.9 Å². The lowest BCUT2D eigenvalue weighted by atomic mass is 9.86. The average Bonchev–Trinajstić information content (AvgIpc) is 2.98. The Morgan fingerprint density at radius 1 is 0.739 bits per heavy atom. The highest BCUT2D eigenvalue weighted by molar-refractivity contribution is 9.09. The largest absolute Gasteiger partial charge is 0.559 e. The van der Waals surface area contributed by atoms with Crippen molar-refractivity contribution in [2.45, 2.75) is 52.3 Å². The van der Waals surface area contributed by atoms with Crippen molar-refractivity contribution in [3.05, 3.63) is 35.9 Å². The molecule has 46 heavy (non-hydrogen) atoms. The predicted molar refractivity (Wildman–Crippen MR) is 154 cm³/mol. The van der Waals surface area contributed by atoms with Crippen LogP contribution in [0.5, 0.6) is 0 Å². The van der Waals surface area contributed by atoms with Crippen LogP contribution >= 0.6 is 15.9 Å². The number of hydrogen-bond acceptors (Lipinski definition) is 11. The first-order valence-electron chi connectivity index (χ1n) is 13.5. The third kappa shape index (κ3) is 16.7. The molecule has 0 N–H and O–H groups in total. The zero-order valence-electron chi connectivity index (χ0n) is 26.2. The summed E-state index contributed by atoms with van der Waals surface area (Å²) in [7, 11) is 1.11. The maximum Gasteiger partial charge on any atom is 0.559 e. The van der Waals surface area contributed by atoms with Crippen molar-refractivity contribution in [3.8, 4) is 0 Å². The van der Waals surface area contributed by atoms with E-state index in [1.807, 2.05) is 30.3 Å². The number of hydrogen-bond donors (Lipinski definition) is 0. The zero-order valence-corrected chi connectivity index (χ0v) is 27.8. The third-order valence-corrected chi connectivity index (χ3v) is 6.87. The summed E-state index contributed by atoms with van der Waals surface area (Å²) in [6.45, 7) is 3.49. The molecule has 3 atom stereocenters. The molecule has 0 saturated heterocycles. The van der Waals surface area contributed by atoms with Crippen molar-refractivity contribution in [3.63, 3.8) is 0 Å². The van der Waals surface area contributed by atoms with Crippen LogP contribution in [-0.2, 0) is 47.6 Å². The van der Waals surface area contributed by atoms with Gasteiger partial charge in [0.1, 0.15) is 50.5 Å². The van der Waals surface area contributed by atoms with Crippen LogP contribution in [-0.4, -0.2) is 83.3 Å². The van der Waals surface area contributed by atoms with E-state index in [1.165, 1.54) is 13.8 Å². The van der Waals surface area contributed by atoms with Gasteiger partial charge in [-0.1, -0.05) is 46.3 Å². The lowest BCUT2D eigenvalue weighted by molar-refractivity contribution is -0.237. The minimum Gasteiger partial charge on any atom is -0.468 e. The van der Waals surface area contributed by atoms with E-state index in [2.05, 4.69) is 20.7 Å². The smallest absolute Gasteiger partial charge is 0.468 e. The van der Waals surface area contributed by atoms with Crippen molar-refractivity contribution in [2.75, 3.05) is 46.8 Å². The molecule has 1 aromatic rings. The highest BCUT2D eigenvalue weighted by Gasteiger charge is 2.42. The number of halogens is 6. The molecule has 1 rings (SSSR count). The van der Waals surface area contributed by atoms with Crippen molar-refractivity contribution >= 4 is 46.0 Å². The molecule has 0 spiro atoms. The van der Waals surface area contributed by atoms with E-state index in [4.69, 9.17) is 23.7 Å². The first-order chi connectivity index (χ1) is 21.1. The Balaban J connectivity index is 0.00000373. The van der Waals surface area contributed by atoms with Gasteiger partial charge in [0.05, 0.1) is 12.5 Å². The topological polar surface area (TPSA) is 141 Å². The molecule has 0 bridgehead atoms. The molecule has 11 nitrogen and oxygen atoms in total. The first kappa shape index (κ1) is 42.5. The summed E-state index contributed by atoms with van der Waals surface area (Å²) in [5.41, 5.74) is -3.25. The minimum atomic E-state index is -5.50. The number of methoxy groups -OCH3 is 1. The van der Waals surface area contributed by atoms with E-state index < -0.39 is 92.4 Å². The van der Waals surface area contributed by atoms with Gasteiger partial charge in [0.15, 0.2) is 0 Å². The van der Waals surface area contributed by atoms with Crippen LogP contribution < -0.4 is 0 Å². The van der Waals surface area contributed by atoms with E-state index in [0.717, 1.165) is 19.6 Å². The number of rotatable bonds is 16. The van der Waals surface area contributed by atoms with Crippen molar-refractivity contribution in [1.29, 1.82) is 0 Å². The van der Waals surface area contributed by atoms with Gasteiger partial charge in [0, 0.05) is 11.8 Å². The second-order valence-electron chi connectivity index (χ2n) is 11.0. The molecule has 0 heterocycles. The molecular formula is C29H38BrF5O11. The van der Waals surface area contributed by atoms with Gasteiger partial charge in [-0.25, -0.2) is 9.18 Å². The summed E-state index contributed by atoms with van der Waals surface area (Å²) in [5, 5.41) is 0. The molecule has 0 fully saturated rings. The second kappa shape index (κ2) is 19.2. The van der Waals surface area contributed by atoms with Gasteiger partial charge in [-0.2, -0.15) is 0 Å². The molecule has 0 radical (unpaired) electrons. The van der Waals surface area contributed by atoms with Gasteiger partial charge in [-0.15, -0.1) is 17.6 Å². The third-order valence-electron chi connectivity index (χ3n) is 6.02. The fraction of sp³-hybridized carbons (Fsp3) is 0.621. The number of esters is 4. The van der Waals surface area contributed by atoms with E-state index >= 15 is 0 Å². The van der Waals surface area contributed by atoms with Crippen LogP contribution in [0.3, 0.4) is 0 Å². The molecule has 0 aromatic heterocycles. The Kier molecular flexibility index (Phi) is 17.8. The van der Waals surface area contributed by atoms with Gasteiger partial charge in [-0.3, -0.25) is 19.2 Å². The summed E-state index contributed by atoms with van der Waals surface area (Å²) in [5.74, 6) is -3.05. The van der Waals surface area contributed by atoms with Gasteiger partial charge < -0.3 is 28.4 Å². The van der Waals surface area contributed by atoms with Crippen molar-refractivity contribution in [1.82, 2.24) is 0 Å². The van der Waals surface area contributed by atoms with Crippen LogP contribution in [0.15, 0.2) is 30.3 Å². The standard InChI is InChI=1S/C28H38BrFO11.CF4/c1-19(31)38-15-27(4,23(33)36-6)17-40-25(35)41-18-28(5,24(34)37-13-12-30)16-39-22(32)26(2,3)14-21(29)20-10-8-7-9-11-20;2-1(3,4)5/h7-11,21H,12-18H2,1-6H3;. The van der Waals surface area contributed by atoms with Crippen molar-refractivity contribution in [2.24, 2.45) is 16.2 Å². The van der Waals surface area contributed by atoms with Crippen LogP contribution in [0, 0.1) is 16.2 Å². The minimum absolute atomic E-state index is 0.151. The van der Waals surface area contributed by atoms with Gasteiger partial charge in [-0.05, 0) is 39.7 Å². The molecular weight excluding hydrogens is 699 g/mol. The van der Waals surface area contributed by atoms with E-state index in [0.29, 0.717) is 6.42 Å². The molecule has 3 unspecified atom stereocenters. The van der Waals surface area contributed by atoms with Crippen molar-refractivity contribution < 1.29 is 74.3 Å². The summed E-state index contributed by atoms with van der Waals surface area (Å²) in [6.07, 6.45) is -6.40. The van der Waals surface area contributed by atoms with E-state index in [-0.39, 0.29) is 4.83 Å². The fourth-order valence-corrected chi connectivity index (χ4v) is 4.46. The number of ether oxygens (including phenoxy) is 6. The highest BCUT2D eigenvalue weighted by Crippen LogP contribution is 2.37. The van der Waals surface area contributed by atoms with Gasteiger partial charge in [0.2, 0.25) is 0 Å². The Morgan fingerprint density at radius 2 is 1.20 bits per heavy atom. The van der Waals surface area contributed by atoms with E-state index in [1.54, 1.807) is 13.8 Å². The second-order valence-corrected chi connectivity index (χ2v) is 12.1. The molecule has 17 heteroatoms.